The van der Waals surface area contributed by atoms with Gasteiger partial charge in [0, 0.05) is 13.1 Å². The highest BCUT2D eigenvalue weighted by Gasteiger charge is 2.21. The Labute approximate surface area is 101 Å². The zero-order valence-corrected chi connectivity index (χ0v) is 10.3. The molecule has 1 unspecified atom stereocenters. The van der Waals surface area contributed by atoms with E-state index in [1.54, 1.807) is 6.92 Å². The lowest BCUT2D eigenvalue weighted by Crippen LogP contribution is -2.43. The van der Waals surface area contributed by atoms with Crippen LogP contribution in [0.5, 0.6) is 0 Å². The number of hydrogen-bond donors (Lipinski definition) is 2. The van der Waals surface area contributed by atoms with Gasteiger partial charge in [-0.1, -0.05) is 0 Å². The molecular formula is C11H17N5O. The van der Waals surface area contributed by atoms with Crippen LogP contribution in [0.25, 0.3) is 0 Å². The lowest BCUT2D eigenvalue weighted by Gasteiger charge is -2.27. The molecule has 92 valence electrons. The highest BCUT2D eigenvalue weighted by atomic mass is 16.3. The minimum Gasteiger partial charge on any atom is -0.387 e. The molecule has 1 heterocycles. The van der Waals surface area contributed by atoms with E-state index >= 15 is 0 Å². The van der Waals surface area contributed by atoms with Crippen LogP contribution in [0.15, 0.2) is 12.4 Å². The van der Waals surface area contributed by atoms with Crippen LogP contribution in [0, 0.1) is 11.3 Å². The van der Waals surface area contributed by atoms with Crippen LogP contribution in [0.4, 0.5) is 5.82 Å². The van der Waals surface area contributed by atoms with Crippen LogP contribution < -0.4 is 5.32 Å². The van der Waals surface area contributed by atoms with Gasteiger partial charge in [0.1, 0.15) is 11.9 Å². The first-order chi connectivity index (χ1) is 7.93. The SMILES string of the molecule is CN(C)CC(C)(O)CNc1cnc(C#N)cn1. The Morgan fingerprint density at radius 1 is 1.47 bits per heavy atom. The first kappa shape index (κ1) is 13.4. The fourth-order valence-corrected chi connectivity index (χ4v) is 1.50. The summed E-state index contributed by atoms with van der Waals surface area (Å²) in [7, 11) is 3.80. The molecule has 0 spiro atoms. The molecule has 0 aromatic carbocycles. The van der Waals surface area contributed by atoms with E-state index in [0.717, 1.165) is 0 Å². The molecule has 0 aliphatic rings. The quantitative estimate of drug-likeness (QED) is 0.751. The fourth-order valence-electron chi connectivity index (χ4n) is 1.50. The molecule has 1 aromatic rings. The molecule has 0 aliphatic heterocycles. The third-order valence-electron chi connectivity index (χ3n) is 2.07. The number of hydrogen-bond acceptors (Lipinski definition) is 6. The molecule has 0 saturated carbocycles. The molecule has 0 radical (unpaired) electrons. The van der Waals surface area contributed by atoms with E-state index in [-0.39, 0.29) is 5.69 Å². The number of nitrogens with one attached hydrogen (secondary N) is 1. The van der Waals surface area contributed by atoms with Crippen LogP contribution in [0.3, 0.4) is 0 Å². The van der Waals surface area contributed by atoms with Crippen molar-refractivity contribution in [2.75, 3.05) is 32.5 Å². The molecule has 2 N–H and O–H groups in total. The normalized spacial score (nSPS) is 14.1. The molecule has 6 heteroatoms. The Hall–Kier alpha value is -1.71. The number of nitrogens with zero attached hydrogens (tertiary/aromatic N) is 4. The summed E-state index contributed by atoms with van der Waals surface area (Å²) in [6.45, 7) is 2.66. The summed E-state index contributed by atoms with van der Waals surface area (Å²) in [5, 5.41) is 21.6. The van der Waals surface area contributed by atoms with Crippen molar-refractivity contribution in [3.63, 3.8) is 0 Å². The van der Waals surface area contributed by atoms with E-state index in [1.165, 1.54) is 12.4 Å². The Morgan fingerprint density at radius 2 is 2.18 bits per heavy atom. The van der Waals surface area contributed by atoms with Gasteiger partial charge in [0.15, 0.2) is 5.69 Å². The largest absolute Gasteiger partial charge is 0.387 e. The lowest BCUT2D eigenvalue weighted by atomic mass is 10.1. The summed E-state index contributed by atoms with van der Waals surface area (Å²) in [4.78, 5) is 9.80. The maximum Gasteiger partial charge on any atom is 0.158 e. The maximum absolute atomic E-state index is 10.0. The van der Waals surface area contributed by atoms with Gasteiger partial charge in [0.25, 0.3) is 0 Å². The van der Waals surface area contributed by atoms with Gasteiger partial charge in [0.05, 0.1) is 18.0 Å². The first-order valence-electron chi connectivity index (χ1n) is 5.26. The van der Waals surface area contributed by atoms with Crippen molar-refractivity contribution in [2.24, 2.45) is 0 Å². The van der Waals surface area contributed by atoms with Crippen molar-refractivity contribution in [1.29, 1.82) is 5.26 Å². The molecule has 0 fully saturated rings. The number of aliphatic hydroxyl groups is 1. The molecular weight excluding hydrogens is 218 g/mol. The van der Waals surface area contributed by atoms with Gasteiger partial charge in [-0.25, -0.2) is 9.97 Å². The van der Waals surface area contributed by atoms with Gasteiger partial charge >= 0.3 is 0 Å². The maximum atomic E-state index is 10.0. The predicted molar refractivity (Wildman–Crippen MR) is 64.4 cm³/mol. The summed E-state index contributed by atoms with van der Waals surface area (Å²) in [6, 6.07) is 1.90. The van der Waals surface area contributed by atoms with Gasteiger partial charge in [-0.3, -0.25) is 0 Å². The van der Waals surface area contributed by atoms with Crippen molar-refractivity contribution in [2.45, 2.75) is 12.5 Å². The Morgan fingerprint density at radius 3 is 2.65 bits per heavy atom. The molecule has 1 aromatic heterocycles. The Bertz CT molecular complexity index is 393. The molecule has 17 heavy (non-hydrogen) atoms. The second kappa shape index (κ2) is 5.57. The molecule has 0 saturated heterocycles. The van der Waals surface area contributed by atoms with Crippen LogP contribution in [-0.4, -0.2) is 52.8 Å². The molecule has 6 nitrogen and oxygen atoms in total. The fraction of sp³-hybridized carbons (Fsp3) is 0.545. The summed E-state index contributed by atoms with van der Waals surface area (Å²) < 4.78 is 0. The van der Waals surface area contributed by atoms with Gasteiger partial charge < -0.3 is 15.3 Å². The minimum absolute atomic E-state index is 0.274. The number of likely N-dealkylation sites (N-methyl/N-ethyl adjacent to an activating group) is 1. The van der Waals surface area contributed by atoms with E-state index in [4.69, 9.17) is 5.26 Å². The van der Waals surface area contributed by atoms with Crippen molar-refractivity contribution < 1.29 is 5.11 Å². The molecule has 0 bridgehead atoms. The van der Waals surface area contributed by atoms with Gasteiger partial charge in [-0.15, -0.1) is 0 Å². The standard InChI is InChI=1S/C11H17N5O/c1-11(17,8-16(2)3)7-15-10-6-13-9(4-12)5-14-10/h5-6,17H,7-8H2,1-3H3,(H,14,15). The van der Waals surface area contributed by atoms with Gasteiger partial charge in [-0.05, 0) is 21.0 Å². The summed E-state index contributed by atoms with van der Waals surface area (Å²) in [5.74, 6) is 0.544. The molecule has 1 atom stereocenters. The van der Waals surface area contributed by atoms with E-state index in [9.17, 15) is 5.11 Å². The van der Waals surface area contributed by atoms with E-state index in [0.29, 0.717) is 18.9 Å². The van der Waals surface area contributed by atoms with Crippen molar-refractivity contribution >= 4 is 5.82 Å². The highest BCUT2D eigenvalue weighted by Crippen LogP contribution is 2.07. The van der Waals surface area contributed by atoms with Crippen molar-refractivity contribution in [3.8, 4) is 6.07 Å². The second-order valence-electron chi connectivity index (χ2n) is 4.49. The highest BCUT2D eigenvalue weighted by molar-refractivity contribution is 5.33. The molecule has 0 aliphatic carbocycles. The van der Waals surface area contributed by atoms with E-state index < -0.39 is 5.60 Å². The number of aromatic nitrogens is 2. The third kappa shape index (κ3) is 4.76. The Balaban J connectivity index is 2.52. The third-order valence-corrected chi connectivity index (χ3v) is 2.07. The number of nitriles is 1. The lowest BCUT2D eigenvalue weighted by molar-refractivity contribution is 0.0459. The Kier molecular flexibility index (Phi) is 4.37. The number of anilines is 1. The second-order valence-corrected chi connectivity index (χ2v) is 4.49. The van der Waals surface area contributed by atoms with E-state index in [1.807, 2.05) is 25.1 Å². The van der Waals surface area contributed by atoms with Gasteiger partial charge in [-0.2, -0.15) is 5.26 Å². The first-order valence-corrected chi connectivity index (χ1v) is 5.26. The van der Waals surface area contributed by atoms with Crippen molar-refractivity contribution in [3.05, 3.63) is 18.1 Å². The average Bonchev–Trinajstić information content (AvgIpc) is 2.25. The van der Waals surface area contributed by atoms with Crippen molar-refractivity contribution in [1.82, 2.24) is 14.9 Å². The van der Waals surface area contributed by atoms with Crippen LogP contribution >= 0.6 is 0 Å². The van der Waals surface area contributed by atoms with Crippen LogP contribution in [0.2, 0.25) is 0 Å². The van der Waals surface area contributed by atoms with E-state index in [2.05, 4.69) is 15.3 Å². The zero-order chi connectivity index (χ0) is 12.9. The topological polar surface area (TPSA) is 85.1 Å². The number of rotatable bonds is 5. The summed E-state index contributed by atoms with van der Waals surface area (Å²) >= 11 is 0. The zero-order valence-electron chi connectivity index (χ0n) is 10.3. The van der Waals surface area contributed by atoms with Crippen LogP contribution in [0.1, 0.15) is 12.6 Å². The monoisotopic (exact) mass is 235 g/mol. The predicted octanol–water partition coefficient (Wildman–Crippen LogP) is 0.0728. The van der Waals surface area contributed by atoms with Gasteiger partial charge in [0.2, 0.25) is 0 Å². The summed E-state index contributed by atoms with van der Waals surface area (Å²) in [5.41, 5.74) is -0.574. The molecule has 1 rings (SSSR count). The average molecular weight is 235 g/mol. The van der Waals surface area contributed by atoms with Crippen LogP contribution in [-0.2, 0) is 0 Å². The minimum atomic E-state index is -0.848. The summed E-state index contributed by atoms with van der Waals surface area (Å²) in [6.07, 6.45) is 2.87. The molecule has 0 amide bonds. The smallest absolute Gasteiger partial charge is 0.158 e.